The van der Waals surface area contributed by atoms with Crippen molar-refractivity contribution in [3.63, 3.8) is 0 Å². The van der Waals surface area contributed by atoms with Crippen molar-refractivity contribution in [3.8, 4) is 0 Å². The molecule has 1 aromatic heterocycles. The largest absolute Gasteiger partial charge is 0.353 e. The fourth-order valence-electron chi connectivity index (χ4n) is 2.42. The molecule has 1 aliphatic rings. The topological polar surface area (TPSA) is 53.5 Å². The molecule has 22 heavy (non-hydrogen) atoms. The van der Waals surface area contributed by atoms with Crippen molar-refractivity contribution in [1.29, 1.82) is 0 Å². The molecule has 0 radical (unpaired) electrons. The molecule has 0 amide bonds. The summed E-state index contributed by atoms with van der Waals surface area (Å²) in [7, 11) is -1.86. The molecular formula is C15H16BrN3O2S. The van der Waals surface area contributed by atoms with Crippen LogP contribution >= 0.6 is 15.9 Å². The van der Waals surface area contributed by atoms with E-state index in [1.807, 2.05) is 18.2 Å². The minimum atomic E-state index is -3.50. The minimum Gasteiger partial charge on any atom is -0.353 e. The Morgan fingerprint density at radius 1 is 1.18 bits per heavy atom. The summed E-state index contributed by atoms with van der Waals surface area (Å²) in [4.78, 5) is 6.65. The monoisotopic (exact) mass is 381 g/mol. The third kappa shape index (κ3) is 2.76. The average Bonchev–Trinajstić information content (AvgIpc) is 2.47. The summed E-state index contributed by atoms with van der Waals surface area (Å²) in [5, 5.41) is 0. The lowest BCUT2D eigenvalue weighted by Gasteiger charge is -2.44. The van der Waals surface area contributed by atoms with E-state index in [-0.39, 0.29) is 6.04 Å². The number of nitrogens with zero attached hydrogens (tertiary/aromatic N) is 3. The van der Waals surface area contributed by atoms with Gasteiger partial charge in [-0.05, 0) is 40.2 Å². The highest BCUT2D eigenvalue weighted by Gasteiger charge is 2.37. The van der Waals surface area contributed by atoms with E-state index in [0.717, 1.165) is 5.82 Å². The highest BCUT2D eigenvalue weighted by molar-refractivity contribution is 9.10. The molecule has 1 aromatic carbocycles. The fraction of sp³-hybridized carbons (Fsp3) is 0.267. The van der Waals surface area contributed by atoms with E-state index in [1.54, 1.807) is 37.5 Å². The first-order chi connectivity index (χ1) is 10.5. The Morgan fingerprint density at radius 2 is 1.86 bits per heavy atom. The third-order valence-electron chi connectivity index (χ3n) is 3.84. The lowest BCUT2D eigenvalue weighted by Crippen LogP contribution is -2.60. The summed E-state index contributed by atoms with van der Waals surface area (Å²) < 4.78 is 27.4. The van der Waals surface area contributed by atoms with Crippen molar-refractivity contribution < 1.29 is 8.42 Å². The van der Waals surface area contributed by atoms with Crippen LogP contribution < -0.4 is 4.90 Å². The van der Waals surface area contributed by atoms with E-state index in [4.69, 9.17) is 0 Å². The standard InChI is InChI=1S/C15H16BrN3O2S/c1-18(22(20,21)14-7-3-2-6-13(14)16)12-10-19(11-12)15-8-4-5-9-17-15/h2-9,12H,10-11H2,1H3. The predicted molar refractivity (Wildman–Crippen MR) is 89.3 cm³/mol. The van der Waals surface area contributed by atoms with Gasteiger partial charge < -0.3 is 4.90 Å². The molecule has 5 nitrogen and oxygen atoms in total. The molecule has 0 bridgehead atoms. The van der Waals surface area contributed by atoms with Gasteiger partial charge in [0.05, 0.1) is 10.9 Å². The van der Waals surface area contributed by atoms with Crippen LogP contribution in [0.3, 0.4) is 0 Å². The second-order valence-electron chi connectivity index (χ2n) is 5.20. The molecule has 7 heteroatoms. The van der Waals surface area contributed by atoms with Gasteiger partial charge in [-0.25, -0.2) is 13.4 Å². The van der Waals surface area contributed by atoms with E-state index in [9.17, 15) is 8.42 Å². The van der Waals surface area contributed by atoms with Gasteiger partial charge in [-0.1, -0.05) is 18.2 Å². The second-order valence-corrected chi connectivity index (χ2v) is 8.02. The molecule has 3 rings (SSSR count). The normalized spacial score (nSPS) is 15.9. The van der Waals surface area contributed by atoms with Crippen molar-refractivity contribution in [2.24, 2.45) is 0 Å². The molecule has 0 atom stereocenters. The quantitative estimate of drug-likeness (QED) is 0.815. The first-order valence-electron chi connectivity index (χ1n) is 6.88. The van der Waals surface area contributed by atoms with E-state index >= 15 is 0 Å². The molecule has 0 unspecified atom stereocenters. The number of hydrogen-bond donors (Lipinski definition) is 0. The Hall–Kier alpha value is -1.44. The van der Waals surface area contributed by atoms with Crippen LogP contribution in [-0.2, 0) is 10.0 Å². The summed E-state index contributed by atoms with van der Waals surface area (Å²) >= 11 is 3.31. The van der Waals surface area contributed by atoms with Crippen molar-refractivity contribution in [3.05, 3.63) is 53.1 Å². The highest BCUT2D eigenvalue weighted by atomic mass is 79.9. The number of benzene rings is 1. The van der Waals surface area contributed by atoms with Crippen LogP contribution in [0, 0.1) is 0 Å². The minimum absolute atomic E-state index is 0.0425. The van der Waals surface area contributed by atoms with Gasteiger partial charge in [0.1, 0.15) is 5.82 Å². The van der Waals surface area contributed by atoms with E-state index in [2.05, 4.69) is 25.8 Å². The maximum absolute atomic E-state index is 12.7. The van der Waals surface area contributed by atoms with Gasteiger partial charge in [0.25, 0.3) is 0 Å². The van der Waals surface area contributed by atoms with Gasteiger partial charge in [0, 0.05) is 30.8 Å². The highest BCUT2D eigenvalue weighted by Crippen LogP contribution is 2.28. The van der Waals surface area contributed by atoms with Crippen molar-refractivity contribution in [2.45, 2.75) is 10.9 Å². The first kappa shape index (κ1) is 15.5. The summed E-state index contributed by atoms with van der Waals surface area (Å²) in [6.07, 6.45) is 1.74. The average molecular weight is 382 g/mol. The van der Waals surface area contributed by atoms with Crippen molar-refractivity contribution in [2.75, 3.05) is 25.0 Å². The van der Waals surface area contributed by atoms with Crippen LogP contribution in [0.5, 0.6) is 0 Å². The molecule has 0 N–H and O–H groups in total. The second kappa shape index (κ2) is 5.98. The Bertz CT molecular complexity index is 761. The van der Waals surface area contributed by atoms with Gasteiger partial charge in [-0.2, -0.15) is 4.31 Å². The number of likely N-dealkylation sites (N-methyl/N-ethyl adjacent to an activating group) is 1. The Balaban J connectivity index is 1.73. The maximum Gasteiger partial charge on any atom is 0.244 e. The molecule has 2 aromatic rings. The SMILES string of the molecule is CN(C1CN(c2ccccn2)C1)S(=O)(=O)c1ccccc1Br. The molecule has 0 saturated carbocycles. The predicted octanol–water partition coefficient (Wildman–Crippen LogP) is 2.35. The van der Waals surface area contributed by atoms with Gasteiger partial charge in [-0.3, -0.25) is 0 Å². The number of rotatable bonds is 4. The lowest BCUT2D eigenvalue weighted by molar-refractivity contribution is 0.309. The number of anilines is 1. The Labute approximate surface area is 138 Å². The number of aromatic nitrogens is 1. The number of pyridine rings is 1. The first-order valence-corrected chi connectivity index (χ1v) is 9.12. The molecule has 2 heterocycles. The Kier molecular flexibility index (Phi) is 4.20. The summed E-state index contributed by atoms with van der Waals surface area (Å²) in [6, 6.07) is 12.6. The smallest absolute Gasteiger partial charge is 0.244 e. The van der Waals surface area contributed by atoms with Crippen LogP contribution in [0.2, 0.25) is 0 Å². The zero-order valence-corrected chi connectivity index (χ0v) is 14.5. The maximum atomic E-state index is 12.7. The van der Waals surface area contributed by atoms with Crippen LogP contribution in [0.1, 0.15) is 0 Å². The van der Waals surface area contributed by atoms with Crippen LogP contribution in [0.25, 0.3) is 0 Å². The van der Waals surface area contributed by atoms with E-state index in [1.165, 1.54) is 4.31 Å². The van der Waals surface area contributed by atoms with Gasteiger partial charge in [0.15, 0.2) is 0 Å². The van der Waals surface area contributed by atoms with E-state index < -0.39 is 10.0 Å². The molecule has 0 aliphatic carbocycles. The molecule has 116 valence electrons. The molecular weight excluding hydrogens is 366 g/mol. The molecule has 1 aliphatic heterocycles. The molecule has 1 saturated heterocycles. The summed E-state index contributed by atoms with van der Waals surface area (Å²) in [6.45, 7) is 1.30. The lowest BCUT2D eigenvalue weighted by atomic mass is 10.1. The van der Waals surface area contributed by atoms with Crippen LogP contribution in [0.4, 0.5) is 5.82 Å². The van der Waals surface area contributed by atoms with Crippen LogP contribution in [0.15, 0.2) is 58.0 Å². The zero-order chi connectivity index (χ0) is 15.7. The molecule has 1 fully saturated rings. The Morgan fingerprint density at radius 3 is 2.50 bits per heavy atom. The fourth-order valence-corrected chi connectivity index (χ4v) is 4.72. The number of hydrogen-bond acceptors (Lipinski definition) is 4. The van der Waals surface area contributed by atoms with Gasteiger partial charge in [-0.15, -0.1) is 0 Å². The number of halogens is 1. The zero-order valence-electron chi connectivity index (χ0n) is 12.1. The van der Waals surface area contributed by atoms with E-state index in [0.29, 0.717) is 22.5 Å². The molecule has 0 spiro atoms. The van der Waals surface area contributed by atoms with Crippen molar-refractivity contribution in [1.82, 2.24) is 9.29 Å². The van der Waals surface area contributed by atoms with Crippen LogP contribution in [-0.4, -0.2) is 43.9 Å². The third-order valence-corrected chi connectivity index (χ3v) is 6.77. The summed E-state index contributed by atoms with van der Waals surface area (Å²) in [5.74, 6) is 0.880. The summed E-state index contributed by atoms with van der Waals surface area (Å²) in [5.41, 5.74) is 0. The number of sulfonamides is 1. The van der Waals surface area contributed by atoms with Gasteiger partial charge in [0.2, 0.25) is 10.0 Å². The van der Waals surface area contributed by atoms with Crippen molar-refractivity contribution >= 4 is 31.8 Å². The van der Waals surface area contributed by atoms with Gasteiger partial charge >= 0.3 is 0 Å².